The van der Waals surface area contributed by atoms with E-state index < -0.39 is 0 Å². The van der Waals surface area contributed by atoms with Gasteiger partial charge < -0.3 is 0 Å². The van der Waals surface area contributed by atoms with E-state index in [9.17, 15) is 4.39 Å². The number of hydrogen-bond acceptors (Lipinski definition) is 3. The van der Waals surface area contributed by atoms with Crippen molar-refractivity contribution in [2.24, 2.45) is 0 Å². The van der Waals surface area contributed by atoms with E-state index in [0.717, 1.165) is 27.6 Å². The molecule has 0 bridgehead atoms. The summed E-state index contributed by atoms with van der Waals surface area (Å²) in [7, 11) is 0. The maximum atomic E-state index is 14.3. The standard InChI is InChI=1S/C23H18FN3/c1-3-15(2)16-11-17(14-25-13-16)20-12-22(19-7-4-5-9-21(19)24)27-23-18(20)8-6-10-26-23/h3-14H,1-2H3/b15-3+. The van der Waals surface area contributed by atoms with Crippen molar-refractivity contribution in [2.45, 2.75) is 13.8 Å². The molecule has 3 heterocycles. The zero-order valence-corrected chi connectivity index (χ0v) is 15.1. The van der Waals surface area contributed by atoms with E-state index in [4.69, 9.17) is 0 Å². The Morgan fingerprint density at radius 2 is 1.85 bits per heavy atom. The van der Waals surface area contributed by atoms with Crippen molar-refractivity contribution in [1.82, 2.24) is 15.0 Å². The largest absolute Gasteiger partial charge is 0.263 e. The molecule has 4 heteroatoms. The predicted octanol–water partition coefficient (Wildman–Crippen LogP) is 5.92. The van der Waals surface area contributed by atoms with Crippen LogP contribution in [0.2, 0.25) is 0 Å². The third-order valence-corrected chi connectivity index (χ3v) is 4.67. The smallest absolute Gasteiger partial charge is 0.160 e. The van der Waals surface area contributed by atoms with E-state index in [0.29, 0.717) is 16.9 Å². The van der Waals surface area contributed by atoms with Gasteiger partial charge in [0, 0.05) is 35.1 Å². The number of hydrogen-bond donors (Lipinski definition) is 0. The first kappa shape index (κ1) is 17.0. The first-order valence-corrected chi connectivity index (χ1v) is 8.77. The third-order valence-electron chi connectivity index (χ3n) is 4.67. The van der Waals surface area contributed by atoms with Gasteiger partial charge in [0.05, 0.1) is 5.69 Å². The molecule has 4 aromatic rings. The maximum absolute atomic E-state index is 14.3. The number of rotatable bonds is 3. The summed E-state index contributed by atoms with van der Waals surface area (Å²) in [5, 5.41) is 0.912. The summed E-state index contributed by atoms with van der Waals surface area (Å²) in [4.78, 5) is 13.4. The summed E-state index contributed by atoms with van der Waals surface area (Å²) >= 11 is 0. The maximum Gasteiger partial charge on any atom is 0.160 e. The lowest BCUT2D eigenvalue weighted by Crippen LogP contribution is -1.94. The topological polar surface area (TPSA) is 38.7 Å². The molecule has 3 nitrogen and oxygen atoms in total. The zero-order valence-electron chi connectivity index (χ0n) is 15.1. The predicted molar refractivity (Wildman–Crippen MR) is 107 cm³/mol. The second-order valence-electron chi connectivity index (χ2n) is 6.34. The van der Waals surface area contributed by atoms with Crippen LogP contribution >= 0.6 is 0 Å². The van der Waals surface area contributed by atoms with E-state index >= 15 is 0 Å². The molecular weight excluding hydrogens is 337 g/mol. The molecule has 0 saturated carbocycles. The van der Waals surface area contributed by atoms with Gasteiger partial charge >= 0.3 is 0 Å². The van der Waals surface area contributed by atoms with Crippen molar-refractivity contribution in [1.29, 1.82) is 0 Å². The molecule has 3 aromatic heterocycles. The van der Waals surface area contributed by atoms with Gasteiger partial charge in [-0.05, 0) is 66.9 Å². The number of benzene rings is 1. The van der Waals surface area contributed by atoms with Crippen LogP contribution in [-0.4, -0.2) is 15.0 Å². The number of pyridine rings is 3. The highest BCUT2D eigenvalue weighted by molar-refractivity contribution is 5.95. The monoisotopic (exact) mass is 355 g/mol. The van der Waals surface area contributed by atoms with Crippen molar-refractivity contribution in [3.8, 4) is 22.4 Å². The molecule has 0 atom stereocenters. The number of aromatic nitrogens is 3. The summed E-state index contributed by atoms with van der Waals surface area (Å²) in [6, 6.07) is 14.5. The van der Waals surface area contributed by atoms with Gasteiger partial charge in [0.25, 0.3) is 0 Å². The molecule has 132 valence electrons. The summed E-state index contributed by atoms with van der Waals surface area (Å²) in [5.41, 5.74) is 5.69. The van der Waals surface area contributed by atoms with Crippen LogP contribution in [0.3, 0.4) is 0 Å². The Hall–Kier alpha value is -3.40. The minimum atomic E-state index is -0.303. The van der Waals surface area contributed by atoms with Crippen LogP contribution in [0.4, 0.5) is 4.39 Å². The average molecular weight is 355 g/mol. The van der Waals surface area contributed by atoms with Crippen molar-refractivity contribution in [3.05, 3.63) is 84.6 Å². The molecule has 0 unspecified atom stereocenters. The molecule has 0 aliphatic heterocycles. The molecule has 0 amide bonds. The van der Waals surface area contributed by atoms with E-state index in [2.05, 4.69) is 34.0 Å². The summed E-state index contributed by atoms with van der Waals surface area (Å²) in [5.74, 6) is -0.303. The van der Waals surface area contributed by atoms with Crippen molar-refractivity contribution in [2.75, 3.05) is 0 Å². The van der Waals surface area contributed by atoms with Gasteiger partial charge in [0.2, 0.25) is 0 Å². The van der Waals surface area contributed by atoms with Crippen molar-refractivity contribution in [3.63, 3.8) is 0 Å². The molecule has 0 radical (unpaired) electrons. The zero-order chi connectivity index (χ0) is 18.8. The van der Waals surface area contributed by atoms with Crippen LogP contribution < -0.4 is 0 Å². The Balaban J connectivity index is 1.99. The minimum Gasteiger partial charge on any atom is -0.263 e. The van der Waals surface area contributed by atoms with Gasteiger partial charge in [0.15, 0.2) is 5.65 Å². The van der Waals surface area contributed by atoms with E-state index in [1.165, 1.54) is 6.07 Å². The molecule has 0 N–H and O–H groups in total. The SMILES string of the molecule is C/C=C(\C)c1cncc(-c2cc(-c3ccccc3F)nc3ncccc23)c1. The van der Waals surface area contributed by atoms with Crippen LogP contribution in [0.25, 0.3) is 39.0 Å². The summed E-state index contributed by atoms with van der Waals surface area (Å²) in [6.45, 7) is 4.06. The fraction of sp³-hybridized carbons (Fsp3) is 0.0870. The molecule has 1 aromatic carbocycles. The molecular formula is C23H18FN3. The van der Waals surface area contributed by atoms with Crippen molar-refractivity contribution >= 4 is 16.6 Å². The first-order chi connectivity index (χ1) is 13.2. The van der Waals surface area contributed by atoms with Gasteiger partial charge in [-0.1, -0.05) is 18.2 Å². The van der Waals surface area contributed by atoms with E-state index in [-0.39, 0.29) is 5.82 Å². The Morgan fingerprint density at radius 3 is 2.67 bits per heavy atom. The minimum absolute atomic E-state index is 0.303. The highest BCUT2D eigenvalue weighted by Gasteiger charge is 2.13. The molecule has 0 fully saturated rings. The van der Waals surface area contributed by atoms with Crippen LogP contribution in [0, 0.1) is 5.82 Å². The molecule has 0 aliphatic carbocycles. The van der Waals surface area contributed by atoms with Gasteiger partial charge in [0.1, 0.15) is 5.82 Å². The fourth-order valence-electron chi connectivity index (χ4n) is 3.07. The number of nitrogens with zero attached hydrogens (tertiary/aromatic N) is 3. The van der Waals surface area contributed by atoms with Crippen LogP contribution in [0.5, 0.6) is 0 Å². The molecule has 4 rings (SSSR count). The number of allylic oxidation sites excluding steroid dienone is 2. The first-order valence-electron chi connectivity index (χ1n) is 8.77. The lowest BCUT2D eigenvalue weighted by atomic mass is 9.98. The van der Waals surface area contributed by atoms with E-state index in [1.807, 2.05) is 37.5 Å². The normalized spacial score (nSPS) is 11.7. The van der Waals surface area contributed by atoms with Crippen LogP contribution in [-0.2, 0) is 0 Å². The van der Waals surface area contributed by atoms with Crippen LogP contribution in [0.15, 0.2) is 73.2 Å². The van der Waals surface area contributed by atoms with Gasteiger partial charge in [-0.15, -0.1) is 0 Å². The van der Waals surface area contributed by atoms with E-state index in [1.54, 1.807) is 24.4 Å². The fourth-order valence-corrected chi connectivity index (χ4v) is 3.07. The summed E-state index contributed by atoms with van der Waals surface area (Å²) in [6.07, 6.45) is 7.41. The second-order valence-corrected chi connectivity index (χ2v) is 6.34. The van der Waals surface area contributed by atoms with Crippen molar-refractivity contribution < 1.29 is 4.39 Å². The Labute approximate surface area is 157 Å². The average Bonchev–Trinajstić information content (AvgIpc) is 2.72. The van der Waals surface area contributed by atoms with Crippen LogP contribution in [0.1, 0.15) is 19.4 Å². The highest BCUT2D eigenvalue weighted by atomic mass is 19.1. The molecule has 0 spiro atoms. The quantitative estimate of drug-likeness (QED) is 0.458. The molecule has 0 saturated heterocycles. The van der Waals surface area contributed by atoms with Gasteiger partial charge in [-0.25, -0.2) is 14.4 Å². The lowest BCUT2D eigenvalue weighted by molar-refractivity contribution is 0.631. The Morgan fingerprint density at radius 1 is 1.00 bits per heavy atom. The van der Waals surface area contributed by atoms with Gasteiger partial charge in [-0.2, -0.15) is 0 Å². The lowest BCUT2D eigenvalue weighted by Gasteiger charge is -2.11. The number of halogens is 1. The third kappa shape index (κ3) is 3.22. The Bertz CT molecular complexity index is 1170. The molecule has 27 heavy (non-hydrogen) atoms. The van der Waals surface area contributed by atoms with Gasteiger partial charge in [-0.3, -0.25) is 4.98 Å². The Kier molecular flexibility index (Phi) is 4.47. The second kappa shape index (κ2) is 7.08. The molecule has 0 aliphatic rings. The summed E-state index contributed by atoms with van der Waals surface area (Å²) < 4.78 is 14.3. The number of fused-ring (bicyclic) bond motifs is 1. The highest BCUT2D eigenvalue weighted by Crippen LogP contribution is 2.32.